The molecule has 0 saturated heterocycles. The zero-order valence-electron chi connectivity index (χ0n) is 18.8. The van der Waals surface area contributed by atoms with Crippen LogP contribution in [0.5, 0.6) is 0 Å². The predicted octanol–water partition coefficient (Wildman–Crippen LogP) is 3.66. The third-order valence-electron chi connectivity index (χ3n) is 6.32. The second-order valence-corrected chi connectivity index (χ2v) is 8.63. The Kier molecular flexibility index (Phi) is 7.12. The number of aliphatic carboxylic acids is 1. The first-order chi connectivity index (χ1) is 16.5. The molecule has 1 saturated carbocycles. The lowest BCUT2D eigenvalue weighted by Crippen LogP contribution is -2.50. The van der Waals surface area contributed by atoms with E-state index in [9.17, 15) is 14.4 Å². The zero-order valence-corrected chi connectivity index (χ0v) is 18.8. The van der Waals surface area contributed by atoms with Crippen molar-refractivity contribution in [1.82, 2.24) is 10.2 Å². The summed E-state index contributed by atoms with van der Waals surface area (Å²) in [6.07, 6.45) is 0.785. The Morgan fingerprint density at radius 2 is 1.71 bits per heavy atom. The average Bonchev–Trinajstić information content (AvgIpc) is 3.63. The monoisotopic (exact) mass is 461 g/mol. The molecule has 2 amide bonds. The zero-order chi connectivity index (χ0) is 24.1. The molecule has 8 heteroatoms. The topological polar surface area (TPSA) is 120 Å². The molecule has 0 aromatic heterocycles. The first-order valence-electron chi connectivity index (χ1n) is 11.5. The van der Waals surface area contributed by atoms with Crippen molar-refractivity contribution in [2.45, 2.75) is 50.1 Å². The van der Waals surface area contributed by atoms with Crippen LogP contribution in [-0.2, 0) is 14.3 Å². The van der Waals surface area contributed by atoms with Gasteiger partial charge in [-0.2, -0.15) is 5.26 Å². The van der Waals surface area contributed by atoms with E-state index < -0.39 is 18.1 Å². The number of fused-ring (bicyclic) bond motifs is 3. The summed E-state index contributed by atoms with van der Waals surface area (Å²) >= 11 is 0. The van der Waals surface area contributed by atoms with Gasteiger partial charge in [0, 0.05) is 24.9 Å². The molecule has 34 heavy (non-hydrogen) atoms. The van der Waals surface area contributed by atoms with Crippen LogP contribution < -0.4 is 5.32 Å². The van der Waals surface area contributed by atoms with Gasteiger partial charge in [-0.15, -0.1) is 0 Å². The van der Waals surface area contributed by atoms with Crippen molar-refractivity contribution in [3.8, 4) is 17.2 Å². The van der Waals surface area contributed by atoms with Crippen LogP contribution in [0.15, 0.2) is 48.5 Å². The molecule has 2 aliphatic rings. The number of hydrogen-bond acceptors (Lipinski definition) is 5. The van der Waals surface area contributed by atoms with Gasteiger partial charge in [0.2, 0.25) is 5.91 Å². The second kappa shape index (κ2) is 10.4. The van der Waals surface area contributed by atoms with Crippen LogP contribution in [0.3, 0.4) is 0 Å². The number of benzene rings is 2. The number of nitriles is 1. The minimum Gasteiger partial charge on any atom is -0.481 e. The molecule has 1 fully saturated rings. The highest BCUT2D eigenvalue weighted by Gasteiger charge is 2.36. The molecule has 0 bridgehead atoms. The highest BCUT2D eigenvalue weighted by molar-refractivity contribution is 5.87. The van der Waals surface area contributed by atoms with Crippen molar-refractivity contribution in [3.05, 3.63) is 59.7 Å². The fourth-order valence-electron chi connectivity index (χ4n) is 4.54. The van der Waals surface area contributed by atoms with Gasteiger partial charge in [0.1, 0.15) is 12.6 Å². The van der Waals surface area contributed by atoms with Gasteiger partial charge in [-0.05, 0) is 41.5 Å². The van der Waals surface area contributed by atoms with Gasteiger partial charge in [0.15, 0.2) is 0 Å². The summed E-state index contributed by atoms with van der Waals surface area (Å²) in [7, 11) is 0. The number of ether oxygens (including phenoxy) is 1. The summed E-state index contributed by atoms with van der Waals surface area (Å²) in [4.78, 5) is 38.5. The van der Waals surface area contributed by atoms with Crippen LogP contribution in [0, 0.1) is 11.3 Å². The third kappa shape index (κ3) is 5.20. The molecule has 1 unspecified atom stereocenters. The highest BCUT2D eigenvalue weighted by atomic mass is 16.5. The van der Waals surface area contributed by atoms with E-state index in [2.05, 4.69) is 5.32 Å². The molecular weight excluding hydrogens is 434 g/mol. The van der Waals surface area contributed by atoms with Gasteiger partial charge in [-0.25, -0.2) is 4.79 Å². The maximum absolute atomic E-state index is 13.1. The van der Waals surface area contributed by atoms with E-state index in [4.69, 9.17) is 15.1 Å². The minimum atomic E-state index is -1.05. The molecule has 8 nitrogen and oxygen atoms in total. The first-order valence-corrected chi connectivity index (χ1v) is 11.5. The Bertz CT molecular complexity index is 1080. The van der Waals surface area contributed by atoms with E-state index in [1.165, 1.54) is 0 Å². The van der Waals surface area contributed by atoms with Crippen LogP contribution in [0.2, 0.25) is 0 Å². The Labute approximate surface area is 198 Å². The van der Waals surface area contributed by atoms with Gasteiger partial charge in [0.05, 0.1) is 12.5 Å². The number of carboxylic acid groups (broad SMARTS) is 1. The van der Waals surface area contributed by atoms with Crippen molar-refractivity contribution in [2.24, 2.45) is 0 Å². The van der Waals surface area contributed by atoms with E-state index >= 15 is 0 Å². The molecule has 0 radical (unpaired) electrons. The van der Waals surface area contributed by atoms with E-state index in [-0.39, 0.29) is 50.3 Å². The van der Waals surface area contributed by atoms with Gasteiger partial charge >= 0.3 is 12.1 Å². The molecule has 4 rings (SSSR count). The summed E-state index contributed by atoms with van der Waals surface area (Å²) in [5.74, 6) is -1.54. The lowest BCUT2D eigenvalue weighted by molar-refractivity contribution is -0.138. The Balaban J connectivity index is 1.43. The van der Waals surface area contributed by atoms with Crippen molar-refractivity contribution < 1.29 is 24.2 Å². The number of amides is 2. The Hall–Kier alpha value is -3.86. The minimum absolute atomic E-state index is 0.0393. The largest absolute Gasteiger partial charge is 0.481 e. The maximum Gasteiger partial charge on any atom is 0.407 e. The SMILES string of the molecule is N#CCCN(C(=O)C(CCC(=O)O)NC(=O)OCC1c2ccccc2-c2ccccc21)C1CC1. The van der Waals surface area contributed by atoms with Crippen molar-refractivity contribution in [3.63, 3.8) is 0 Å². The molecule has 176 valence electrons. The molecule has 0 heterocycles. The third-order valence-corrected chi connectivity index (χ3v) is 6.32. The number of nitrogens with zero attached hydrogens (tertiary/aromatic N) is 2. The van der Waals surface area contributed by atoms with Crippen LogP contribution in [0.1, 0.15) is 49.1 Å². The number of carbonyl (C=O) groups is 3. The predicted molar refractivity (Wildman–Crippen MR) is 124 cm³/mol. The fourth-order valence-corrected chi connectivity index (χ4v) is 4.54. The number of alkyl carbamates (subject to hydrolysis) is 1. The van der Waals surface area contributed by atoms with Crippen molar-refractivity contribution in [2.75, 3.05) is 13.2 Å². The first kappa shape index (κ1) is 23.3. The highest BCUT2D eigenvalue weighted by Crippen LogP contribution is 2.44. The summed E-state index contributed by atoms with van der Waals surface area (Å²) < 4.78 is 5.54. The number of nitrogens with one attached hydrogen (secondary N) is 1. The summed E-state index contributed by atoms with van der Waals surface area (Å²) in [5.41, 5.74) is 4.37. The maximum atomic E-state index is 13.1. The van der Waals surface area contributed by atoms with Gasteiger partial charge in [-0.3, -0.25) is 9.59 Å². The molecule has 2 N–H and O–H groups in total. The van der Waals surface area contributed by atoms with Crippen molar-refractivity contribution in [1.29, 1.82) is 5.26 Å². The Morgan fingerprint density at radius 3 is 2.26 bits per heavy atom. The number of carbonyl (C=O) groups excluding carboxylic acids is 2. The average molecular weight is 462 g/mol. The fraction of sp³-hybridized carbons (Fsp3) is 0.385. The molecule has 0 spiro atoms. The summed E-state index contributed by atoms with van der Waals surface area (Å²) in [6.45, 7) is 0.358. The van der Waals surface area contributed by atoms with Crippen LogP contribution in [0.4, 0.5) is 4.79 Å². The summed E-state index contributed by atoms with van der Waals surface area (Å²) in [5, 5.41) is 20.6. The number of rotatable bonds is 10. The lowest BCUT2D eigenvalue weighted by Gasteiger charge is -2.27. The molecule has 2 aromatic rings. The van der Waals surface area contributed by atoms with Crippen LogP contribution >= 0.6 is 0 Å². The van der Waals surface area contributed by atoms with E-state index in [0.717, 1.165) is 35.1 Å². The van der Waals surface area contributed by atoms with Gasteiger partial charge < -0.3 is 20.1 Å². The smallest absolute Gasteiger partial charge is 0.407 e. The van der Waals surface area contributed by atoms with Gasteiger partial charge in [0.25, 0.3) is 0 Å². The number of carboxylic acids is 1. The Morgan fingerprint density at radius 1 is 1.09 bits per heavy atom. The van der Waals surface area contributed by atoms with Crippen molar-refractivity contribution >= 4 is 18.0 Å². The summed E-state index contributed by atoms with van der Waals surface area (Å²) in [6, 6.07) is 17.0. The van der Waals surface area contributed by atoms with Crippen LogP contribution in [-0.4, -0.2) is 53.2 Å². The van der Waals surface area contributed by atoms with E-state index in [1.807, 2.05) is 54.6 Å². The molecular formula is C26H27N3O5. The molecule has 1 atom stereocenters. The van der Waals surface area contributed by atoms with Gasteiger partial charge in [-0.1, -0.05) is 48.5 Å². The molecule has 0 aliphatic heterocycles. The van der Waals surface area contributed by atoms with E-state index in [1.54, 1.807) is 4.90 Å². The standard InChI is InChI=1S/C26H27N3O5/c27-14-5-15-29(17-10-11-17)25(32)23(12-13-24(30)31)28-26(33)34-16-22-20-8-3-1-6-18(20)19-7-2-4-9-21(19)22/h1-4,6-9,17,22-23H,5,10-13,15-16H2,(H,28,33)(H,30,31). The molecule has 2 aliphatic carbocycles. The normalized spacial score (nSPS) is 14.9. The number of hydrogen-bond donors (Lipinski definition) is 2. The van der Waals surface area contributed by atoms with E-state index in [0.29, 0.717) is 0 Å². The second-order valence-electron chi connectivity index (χ2n) is 8.63. The quantitative estimate of drug-likeness (QED) is 0.557. The lowest BCUT2D eigenvalue weighted by atomic mass is 9.98. The molecule has 2 aromatic carbocycles. The van der Waals surface area contributed by atoms with Crippen LogP contribution in [0.25, 0.3) is 11.1 Å².